The summed E-state index contributed by atoms with van der Waals surface area (Å²) in [5.74, 6) is 0.286. The van der Waals surface area contributed by atoms with Gasteiger partial charge in [-0.2, -0.15) is 0 Å². The van der Waals surface area contributed by atoms with Gasteiger partial charge in [0.15, 0.2) is 0 Å². The molecule has 94 valence electrons. The van der Waals surface area contributed by atoms with Gasteiger partial charge in [0.25, 0.3) is 0 Å². The van der Waals surface area contributed by atoms with Crippen LogP contribution in [0, 0.1) is 0 Å². The molecule has 1 unspecified atom stereocenters. The number of benzene rings is 1. The highest BCUT2D eigenvalue weighted by molar-refractivity contribution is 5.93. The van der Waals surface area contributed by atoms with Crippen LogP contribution in [-0.2, 0) is 11.2 Å². The van der Waals surface area contributed by atoms with Gasteiger partial charge in [0, 0.05) is 12.0 Å². The number of carbonyl (C=O) groups excluding carboxylic acids is 1. The zero-order valence-electron chi connectivity index (χ0n) is 10.7. The van der Waals surface area contributed by atoms with Crippen LogP contribution in [-0.4, -0.2) is 19.2 Å². The third-order valence-corrected chi connectivity index (χ3v) is 2.51. The number of esters is 1. The minimum atomic E-state index is -0.344. The Labute approximate surface area is 102 Å². The van der Waals surface area contributed by atoms with Crippen molar-refractivity contribution in [3.8, 4) is 5.75 Å². The highest BCUT2D eigenvalue weighted by Crippen LogP contribution is 2.36. The monoisotopic (exact) mass is 237 g/mol. The third kappa shape index (κ3) is 2.52. The molecule has 1 aromatic rings. The smallest absolute Gasteiger partial charge is 0.338 e. The minimum absolute atomic E-state index is 0.0631. The van der Waals surface area contributed by atoms with Crippen molar-refractivity contribution in [1.82, 2.24) is 0 Å². The first-order chi connectivity index (χ1) is 8.13. The third-order valence-electron chi connectivity index (χ3n) is 2.51. The van der Waals surface area contributed by atoms with Gasteiger partial charge in [0.2, 0.25) is 0 Å². The van der Waals surface area contributed by atoms with Crippen molar-refractivity contribution >= 4 is 11.7 Å². The maximum atomic E-state index is 11.5. The fraction of sp³-hybridized carbons (Fsp3) is 0.462. The highest BCUT2D eigenvalue weighted by atomic mass is 16.5. The van der Waals surface area contributed by atoms with E-state index in [0.29, 0.717) is 23.4 Å². The zero-order valence-corrected chi connectivity index (χ0v) is 10.7. The molecule has 1 heterocycles. The summed E-state index contributed by atoms with van der Waals surface area (Å²) in [6.07, 6.45) is 0.762. The number of methoxy groups -OCH3 is 1. The summed E-state index contributed by atoms with van der Waals surface area (Å²) >= 11 is 0. The first-order valence-corrected chi connectivity index (χ1v) is 5.79. The molecule has 4 nitrogen and oxygen atoms in total. The summed E-state index contributed by atoms with van der Waals surface area (Å²) in [4.78, 5) is 11.5. The van der Waals surface area contributed by atoms with Crippen molar-refractivity contribution in [2.45, 2.75) is 33.3 Å². The Morgan fingerprint density at radius 2 is 2.12 bits per heavy atom. The average Bonchev–Trinajstić information content (AvgIpc) is 2.74. The number of hydrogen-bond donors (Lipinski definition) is 1. The molecule has 1 aliphatic rings. The summed E-state index contributed by atoms with van der Waals surface area (Å²) in [5.41, 5.74) is 7.74. The first kappa shape index (κ1) is 13.4. The van der Waals surface area contributed by atoms with E-state index in [9.17, 15) is 4.79 Å². The molecule has 0 aromatic heterocycles. The van der Waals surface area contributed by atoms with Crippen LogP contribution in [0.4, 0.5) is 5.69 Å². The molecule has 0 bridgehead atoms. The zero-order chi connectivity index (χ0) is 13.0. The second-order valence-electron chi connectivity index (χ2n) is 3.63. The number of rotatable bonds is 1. The lowest BCUT2D eigenvalue weighted by Gasteiger charge is -2.07. The summed E-state index contributed by atoms with van der Waals surface area (Å²) < 4.78 is 10.2. The normalized spacial score (nSPS) is 16.4. The molecule has 4 heteroatoms. The molecular weight excluding hydrogens is 218 g/mol. The van der Waals surface area contributed by atoms with Gasteiger partial charge in [0.05, 0.1) is 18.4 Å². The molecule has 1 aliphatic heterocycles. The van der Waals surface area contributed by atoms with Crippen LogP contribution in [0.15, 0.2) is 12.1 Å². The van der Waals surface area contributed by atoms with Crippen molar-refractivity contribution in [3.63, 3.8) is 0 Å². The number of nitrogens with two attached hydrogens (primary N) is 1. The molecule has 2 N–H and O–H groups in total. The summed E-state index contributed by atoms with van der Waals surface area (Å²) in [7, 11) is 1.37. The second kappa shape index (κ2) is 5.57. The molecule has 0 radical (unpaired) electrons. The highest BCUT2D eigenvalue weighted by Gasteiger charge is 2.27. The van der Waals surface area contributed by atoms with E-state index in [1.165, 1.54) is 7.11 Å². The number of hydrogen-bond acceptors (Lipinski definition) is 4. The molecule has 2 rings (SSSR count). The predicted octanol–water partition coefficient (Wildman–Crippen LogP) is 2.41. The molecule has 0 saturated heterocycles. The Morgan fingerprint density at radius 3 is 2.71 bits per heavy atom. The van der Waals surface area contributed by atoms with Crippen LogP contribution in [0.25, 0.3) is 0 Å². The van der Waals surface area contributed by atoms with E-state index in [1.807, 2.05) is 20.8 Å². The fourth-order valence-electron chi connectivity index (χ4n) is 1.82. The van der Waals surface area contributed by atoms with Gasteiger partial charge in [0.1, 0.15) is 11.9 Å². The van der Waals surface area contributed by atoms with Crippen molar-refractivity contribution in [1.29, 1.82) is 0 Å². The number of fused-ring (bicyclic) bond motifs is 1. The number of anilines is 1. The maximum absolute atomic E-state index is 11.5. The van der Waals surface area contributed by atoms with Crippen molar-refractivity contribution in [3.05, 3.63) is 23.3 Å². The van der Waals surface area contributed by atoms with Gasteiger partial charge in [-0.25, -0.2) is 4.79 Å². The molecule has 0 aliphatic carbocycles. The van der Waals surface area contributed by atoms with Gasteiger partial charge in [-0.1, -0.05) is 13.8 Å². The van der Waals surface area contributed by atoms with Crippen LogP contribution in [0.5, 0.6) is 5.75 Å². The van der Waals surface area contributed by atoms with Crippen LogP contribution in [0.2, 0.25) is 0 Å². The summed E-state index contributed by atoms with van der Waals surface area (Å²) in [5, 5.41) is 0. The Morgan fingerprint density at radius 1 is 1.47 bits per heavy atom. The first-order valence-electron chi connectivity index (χ1n) is 5.79. The second-order valence-corrected chi connectivity index (χ2v) is 3.63. The fourth-order valence-corrected chi connectivity index (χ4v) is 1.82. The van der Waals surface area contributed by atoms with Gasteiger partial charge in [-0.3, -0.25) is 0 Å². The van der Waals surface area contributed by atoms with Crippen molar-refractivity contribution < 1.29 is 14.3 Å². The molecule has 0 spiro atoms. The van der Waals surface area contributed by atoms with E-state index in [0.717, 1.165) is 5.56 Å². The van der Waals surface area contributed by atoms with Crippen molar-refractivity contribution in [2.75, 3.05) is 12.8 Å². The largest absolute Gasteiger partial charge is 0.488 e. The van der Waals surface area contributed by atoms with Crippen LogP contribution in [0.1, 0.15) is 36.7 Å². The number of nitrogen functional groups attached to an aromatic ring is 1. The number of ether oxygens (including phenoxy) is 2. The molecule has 0 amide bonds. The Kier molecular flexibility index (Phi) is 4.37. The van der Waals surface area contributed by atoms with E-state index in [1.54, 1.807) is 12.1 Å². The molecule has 0 fully saturated rings. The molecule has 1 atom stereocenters. The molecule has 1 aromatic carbocycles. The van der Waals surface area contributed by atoms with Gasteiger partial charge >= 0.3 is 5.97 Å². The minimum Gasteiger partial charge on any atom is -0.488 e. The lowest BCUT2D eigenvalue weighted by Crippen LogP contribution is -2.07. The molecular formula is C13H19NO3. The Hall–Kier alpha value is -1.71. The van der Waals surface area contributed by atoms with E-state index < -0.39 is 0 Å². The van der Waals surface area contributed by atoms with E-state index in [4.69, 9.17) is 15.2 Å². The van der Waals surface area contributed by atoms with Gasteiger partial charge in [-0.05, 0) is 19.1 Å². The predicted molar refractivity (Wildman–Crippen MR) is 67.3 cm³/mol. The standard InChI is InChI=1S/C11H13NO3.C2H6/c1-6-5-8-7(11(13)14-2)3-4-9(12)10(8)15-6;1-2/h3-4,6H,5,12H2,1-2H3;1-2H3. The molecule has 0 saturated carbocycles. The Bertz CT molecular complexity index is 415. The SMILES string of the molecule is CC.COC(=O)c1ccc(N)c2c1CC(C)O2. The summed E-state index contributed by atoms with van der Waals surface area (Å²) in [6.45, 7) is 5.94. The van der Waals surface area contributed by atoms with E-state index in [2.05, 4.69) is 0 Å². The topological polar surface area (TPSA) is 61.5 Å². The molecule has 17 heavy (non-hydrogen) atoms. The van der Waals surface area contributed by atoms with Gasteiger partial charge in [-0.15, -0.1) is 0 Å². The quantitative estimate of drug-likeness (QED) is 0.602. The lowest BCUT2D eigenvalue weighted by atomic mass is 10.0. The van der Waals surface area contributed by atoms with Crippen LogP contribution >= 0.6 is 0 Å². The van der Waals surface area contributed by atoms with E-state index >= 15 is 0 Å². The van der Waals surface area contributed by atoms with E-state index in [-0.39, 0.29) is 12.1 Å². The van der Waals surface area contributed by atoms with Crippen molar-refractivity contribution in [2.24, 2.45) is 0 Å². The van der Waals surface area contributed by atoms with Gasteiger partial charge < -0.3 is 15.2 Å². The average molecular weight is 237 g/mol. The number of carbonyl (C=O) groups is 1. The summed E-state index contributed by atoms with van der Waals surface area (Å²) in [6, 6.07) is 3.35. The maximum Gasteiger partial charge on any atom is 0.338 e. The lowest BCUT2D eigenvalue weighted by molar-refractivity contribution is 0.0599. The van der Waals surface area contributed by atoms with Crippen LogP contribution < -0.4 is 10.5 Å². The Balaban J connectivity index is 0.000000686. The van der Waals surface area contributed by atoms with Crippen LogP contribution in [0.3, 0.4) is 0 Å².